The van der Waals surface area contributed by atoms with Crippen LogP contribution in [0.5, 0.6) is 0 Å². The summed E-state index contributed by atoms with van der Waals surface area (Å²) in [6.45, 7) is 5.64. The maximum absolute atomic E-state index is 14.0. The minimum atomic E-state index is -4.43. The van der Waals surface area contributed by atoms with Crippen molar-refractivity contribution in [1.82, 2.24) is 5.32 Å². The molecule has 0 bridgehead atoms. The Bertz CT molecular complexity index is 385. The second-order valence-electron chi connectivity index (χ2n) is 5.48. The lowest BCUT2D eigenvalue weighted by Crippen LogP contribution is -2.35. The van der Waals surface area contributed by atoms with Crippen LogP contribution in [0.3, 0.4) is 0 Å². The third kappa shape index (κ3) is 4.59. The van der Waals surface area contributed by atoms with E-state index in [0.717, 1.165) is 12.2 Å². The Labute approximate surface area is 116 Å². The van der Waals surface area contributed by atoms with Gasteiger partial charge in [0.25, 0.3) is 0 Å². The average Bonchev–Trinajstić information content (AvgIpc) is 2.28. The highest BCUT2D eigenvalue weighted by Gasteiger charge is 2.40. The molecule has 1 rings (SSSR count). The van der Waals surface area contributed by atoms with Gasteiger partial charge in [-0.25, -0.2) is 4.39 Å². The molecule has 0 amide bonds. The van der Waals surface area contributed by atoms with Crippen molar-refractivity contribution in [3.8, 4) is 0 Å². The number of rotatable bonds is 5. The van der Waals surface area contributed by atoms with Gasteiger partial charge >= 0.3 is 6.18 Å². The number of aliphatic hydroxyl groups excluding tert-OH is 1. The van der Waals surface area contributed by atoms with E-state index in [1.807, 2.05) is 13.8 Å². The van der Waals surface area contributed by atoms with Crippen LogP contribution in [0.4, 0.5) is 17.6 Å². The number of alkyl halides is 3. The SMILES string of the molecule is CC(C)NC[C@H](C1=C(F)CC(C(F)(F)F)C=C1)C(C)O. The van der Waals surface area contributed by atoms with Crippen molar-refractivity contribution in [2.75, 3.05) is 6.54 Å². The van der Waals surface area contributed by atoms with E-state index in [1.165, 1.54) is 6.92 Å². The quantitative estimate of drug-likeness (QED) is 0.762. The Kier molecular flexibility index (Phi) is 5.77. The predicted octanol–water partition coefficient (Wildman–Crippen LogP) is 3.34. The van der Waals surface area contributed by atoms with Gasteiger partial charge in [-0.2, -0.15) is 13.2 Å². The Hall–Kier alpha value is -0.880. The van der Waals surface area contributed by atoms with Gasteiger partial charge in [-0.15, -0.1) is 0 Å². The molecule has 0 spiro atoms. The van der Waals surface area contributed by atoms with Crippen molar-refractivity contribution in [3.05, 3.63) is 23.6 Å². The van der Waals surface area contributed by atoms with E-state index >= 15 is 0 Å². The summed E-state index contributed by atoms with van der Waals surface area (Å²) >= 11 is 0. The molecule has 2 nitrogen and oxygen atoms in total. The summed E-state index contributed by atoms with van der Waals surface area (Å²) in [4.78, 5) is 0. The van der Waals surface area contributed by atoms with Gasteiger partial charge in [-0.05, 0) is 12.5 Å². The molecule has 0 heterocycles. The van der Waals surface area contributed by atoms with Crippen molar-refractivity contribution < 1.29 is 22.7 Å². The number of hydrogen-bond donors (Lipinski definition) is 2. The van der Waals surface area contributed by atoms with E-state index in [0.29, 0.717) is 6.54 Å². The molecule has 3 atom stereocenters. The number of nitrogens with one attached hydrogen (secondary N) is 1. The Morgan fingerprint density at radius 2 is 1.95 bits per heavy atom. The first-order valence-corrected chi connectivity index (χ1v) is 6.67. The molecule has 0 aromatic heterocycles. The Morgan fingerprint density at radius 3 is 2.35 bits per heavy atom. The number of hydrogen-bond acceptors (Lipinski definition) is 2. The molecule has 2 unspecified atom stereocenters. The van der Waals surface area contributed by atoms with Gasteiger partial charge in [0, 0.05) is 24.9 Å². The van der Waals surface area contributed by atoms with E-state index in [1.54, 1.807) is 0 Å². The van der Waals surface area contributed by atoms with Crippen molar-refractivity contribution in [3.63, 3.8) is 0 Å². The lowest BCUT2D eigenvalue weighted by molar-refractivity contribution is -0.161. The van der Waals surface area contributed by atoms with Crippen LogP contribution in [0.15, 0.2) is 23.6 Å². The van der Waals surface area contributed by atoms with Crippen LogP contribution in [-0.2, 0) is 0 Å². The molecular weight excluding hydrogens is 274 g/mol. The molecule has 1 aliphatic rings. The van der Waals surface area contributed by atoms with Crippen LogP contribution in [0.2, 0.25) is 0 Å². The summed E-state index contributed by atoms with van der Waals surface area (Å²) in [5.74, 6) is -3.12. The zero-order valence-corrected chi connectivity index (χ0v) is 11.8. The van der Waals surface area contributed by atoms with Crippen LogP contribution in [0.25, 0.3) is 0 Å². The molecule has 0 saturated carbocycles. The van der Waals surface area contributed by atoms with Crippen molar-refractivity contribution in [2.24, 2.45) is 11.8 Å². The maximum atomic E-state index is 14.0. The Balaban J connectivity index is 2.85. The number of halogens is 4. The fourth-order valence-electron chi connectivity index (χ4n) is 2.14. The van der Waals surface area contributed by atoms with Crippen LogP contribution >= 0.6 is 0 Å². The van der Waals surface area contributed by atoms with Gasteiger partial charge in [0.2, 0.25) is 0 Å². The van der Waals surface area contributed by atoms with E-state index < -0.39 is 36.4 Å². The molecule has 0 aliphatic heterocycles. The average molecular weight is 295 g/mol. The third-order valence-corrected chi connectivity index (χ3v) is 3.37. The van der Waals surface area contributed by atoms with Crippen LogP contribution in [-0.4, -0.2) is 30.0 Å². The molecule has 2 N–H and O–H groups in total. The first kappa shape index (κ1) is 17.2. The van der Waals surface area contributed by atoms with Gasteiger partial charge in [0.1, 0.15) is 5.83 Å². The summed E-state index contributed by atoms with van der Waals surface area (Å²) in [5, 5.41) is 12.8. The summed E-state index contributed by atoms with van der Waals surface area (Å²) in [6.07, 6.45) is -3.82. The molecule has 20 heavy (non-hydrogen) atoms. The highest BCUT2D eigenvalue weighted by atomic mass is 19.4. The zero-order chi connectivity index (χ0) is 15.5. The molecule has 1 aliphatic carbocycles. The van der Waals surface area contributed by atoms with E-state index in [-0.39, 0.29) is 11.6 Å². The van der Waals surface area contributed by atoms with Gasteiger partial charge in [-0.1, -0.05) is 26.0 Å². The second kappa shape index (κ2) is 6.72. The summed E-state index contributed by atoms with van der Waals surface area (Å²) in [6, 6.07) is 0.149. The van der Waals surface area contributed by atoms with Gasteiger partial charge < -0.3 is 10.4 Å². The molecule has 0 radical (unpaired) electrons. The highest BCUT2D eigenvalue weighted by molar-refractivity contribution is 5.31. The van der Waals surface area contributed by atoms with Gasteiger partial charge in [0.15, 0.2) is 0 Å². The van der Waals surface area contributed by atoms with Crippen LogP contribution < -0.4 is 5.32 Å². The smallest absolute Gasteiger partial charge is 0.393 e. The monoisotopic (exact) mass is 295 g/mol. The summed E-state index contributed by atoms with van der Waals surface area (Å²) in [7, 11) is 0. The minimum absolute atomic E-state index is 0.149. The molecule has 0 fully saturated rings. The summed E-state index contributed by atoms with van der Waals surface area (Å²) in [5.41, 5.74) is 0.161. The lowest BCUT2D eigenvalue weighted by atomic mass is 9.85. The Morgan fingerprint density at radius 1 is 1.35 bits per heavy atom. The zero-order valence-electron chi connectivity index (χ0n) is 11.8. The topological polar surface area (TPSA) is 32.3 Å². The van der Waals surface area contributed by atoms with E-state index in [2.05, 4.69) is 5.32 Å². The summed E-state index contributed by atoms with van der Waals surface area (Å²) < 4.78 is 51.6. The van der Waals surface area contributed by atoms with E-state index in [4.69, 9.17) is 0 Å². The first-order valence-electron chi connectivity index (χ1n) is 6.67. The van der Waals surface area contributed by atoms with Crippen molar-refractivity contribution >= 4 is 0 Å². The minimum Gasteiger partial charge on any atom is -0.393 e. The lowest BCUT2D eigenvalue weighted by Gasteiger charge is -2.27. The molecular formula is C14H21F4NO. The van der Waals surface area contributed by atoms with Crippen LogP contribution in [0.1, 0.15) is 27.2 Å². The predicted molar refractivity (Wildman–Crippen MR) is 69.7 cm³/mol. The van der Waals surface area contributed by atoms with Crippen molar-refractivity contribution in [2.45, 2.75) is 45.5 Å². The van der Waals surface area contributed by atoms with Gasteiger partial charge in [0.05, 0.1) is 12.0 Å². The van der Waals surface area contributed by atoms with Crippen LogP contribution in [0, 0.1) is 11.8 Å². The normalized spacial score (nSPS) is 23.4. The fourth-order valence-corrected chi connectivity index (χ4v) is 2.14. The number of aliphatic hydroxyl groups is 1. The highest BCUT2D eigenvalue weighted by Crippen LogP contribution is 2.38. The fraction of sp³-hybridized carbons (Fsp3) is 0.714. The van der Waals surface area contributed by atoms with E-state index in [9.17, 15) is 22.7 Å². The number of allylic oxidation sites excluding steroid dienone is 3. The third-order valence-electron chi connectivity index (χ3n) is 3.37. The second-order valence-corrected chi connectivity index (χ2v) is 5.48. The molecule has 0 aromatic carbocycles. The van der Waals surface area contributed by atoms with Gasteiger partial charge in [-0.3, -0.25) is 0 Å². The largest absolute Gasteiger partial charge is 0.395 e. The first-order chi connectivity index (χ1) is 9.12. The molecule has 116 valence electrons. The molecule has 6 heteroatoms. The van der Waals surface area contributed by atoms with Crippen molar-refractivity contribution in [1.29, 1.82) is 0 Å². The molecule has 0 saturated heterocycles. The maximum Gasteiger partial charge on any atom is 0.395 e. The molecule has 0 aromatic rings. The standard InChI is InChI=1S/C14H21F4NO/c1-8(2)19-7-12(9(3)20)11-5-4-10(6-13(11)15)14(16,17)18/h4-5,8-10,12,19-20H,6-7H2,1-3H3/t9?,10?,12-/m0/s1.